The summed E-state index contributed by atoms with van der Waals surface area (Å²) in [6.07, 6.45) is 5.56. The molecule has 3 aromatic rings. The Morgan fingerprint density at radius 2 is 1.86 bits per heavy atom. The van der Waals surface area contributed by atoms with Crippen molar-refractivity contribution < 1.29 is 13.2 Å². The fraction of sp³-hybridized carbons (Fsp3) is 0.316. The fourth-order valence-corrected chi connectivity index (χ4v) is 3.37. The summed E-state index contributed by atoms with van der Waals surface area (Å²) in [5.41, 5.74) is 3.55. The molecule has 2 N–H and O–H groups in total. The Kier molecular flexibility index (Phi) is 5.64. The molecule has 0 saturated carbocycles. The molecule has 0 aliphatic carbocycles. The molecule has 9 heteroatoms. The van der Waals surface area contributed by atoms with E-state index >= 15 is 0 Å². The third kappa shape index (κ3) is 4.48. The number of hydrogen-bond acceptors (Lipinski definition) is 7. The van der Waals surface area contributed by atoms with Crippen molar-refractivity contribution in [3.63, 3.8) is 0 Å². The zero-order valence-corrected chi connectivity index (χ0v) is 17.1. The van der Waals surface area contributed by atoms with Gasteiger partial charge in [0.15, 0.2) is 0 Å². The maximum atomic E-state index is 11.6. The van der Waals surface area contributed by atoms with Crippen LogP contribution in [-0.2, 0) is 10.0 Å². The van der Waals surface area contributed by atoms with Crippen molar-refractivity contribution in [2.24, 2.45) is 0 Å². The minimum Gasteiger partial charge on any atom is -0.494 e. The van der Waals surface area contributed by atoms with Crippen LogP contribution in [0, 0.1) is 6.92 Å². The molecule has 0 fully saturated rings. The lowest BCUT2D eigenvalue weighted by molar-refractivity contribution is 0.417. The minimum atomic E-state index is -3.43. The van der Waals surface area contributed by atoms with Crippen LogP contribution in [0.2, 0.25) is 0 Å². The molecule has 28 heavy (non-hydrogen) atoms. The van der Waals surface area contributed by atoms with E-state index in [0.717, 1.165) is 41.4 Å². The molecule has 0 aliphatic heterocycles. The third-order valence-electron chi connectivity index (χ3n) is 4.11. The second-order valence-electron chi connectivity index (χ2n) is 6.49. The molecule has 3 rings (SSSR count). The van der Waals surface area contributed by atoms with Gasteiger partial charge in [-0.3, -0.25) is 4.72 Å². The van der Waals surface area contributed by atoms with Gasteiger partial charge in [0.2, 0.25) is 16.0 Å². The predicted molar refractivity (Wildman–Crippen MR) is 111 cm³/mol. The highest BCUT2D eigenvalue weighted by Gasteiger charge is 2.13. The molecule has 2 heterocycles. The number of anilines is 2. The summed E-state index contributed by atoms with van der Waals surface area (Å²) in [5, 5.41) is 3.97. The van der Waals surface area contributed by atoms with Crippen molar-refractivity contribution >= 4 is 32.6 Å². The Balaban J connectivity index is 2.03. The van der Waals surface area contributed by atoms with Gasteiger partial charge in [0.1, 0.15) is 5.75 Å². The fourth-order valence-electron chi connectivity index (χ4n) is 2.81. The topological polar surface area (TPSA) is 106 Å². The average molecular weight is 401 g/mol. The monoisotopic (exact) mass is 401 g/mol. The van der Waals surface area contributed by atoms with Crippen molar-refractivity contribution in [2.45, 2.75) is 20.3 Å². The van der Waals surface area contributed by atoms with Gasteiger partial charge >= 0.3 is 0 Å². The molecule has 0 spiro atoms. The highest BCUT2D eigenvalue weighted by atomic mass is 32.2. The number of benzene rings is 1. The molecular weight excluding hydrogens is 378 g/mol. The summed E-state index contributed by atoms with van der Waals surface area (Å²) in [7, 11) is -1.94. The van der Waals surface area contributed by atoms with E-state index in [1.807, 2.05) is 13.0 Å². The first-order valence-electron chi connectivity index (χ1n) is 8.84. The Morgan fingerprint density at radius 3 is 2.46 bits per heavy atom. The van der Waals surface area contributed by atoms with Crippen LogP contribution >= 0.6 is 0 Å². The van der Waals surface area contributed by atoms with E-state index in [-0.39, 0.29) is 0 Å². The molecular formula is C19H23N5O3S. The number of aryl methyl sites for hydroxylation is 1. The van der Waals surface area contributed by atoms with Crippen LogP contribution in [0.5, 0.6) is 5.75 Å². The van der Waals surface area contributed by atoms with E-state index < -0.39 is 10.0 Å². The Morgan fingerprint density at radius 1 is 1.14 bits per heavy atom. The van der Waals surface area contributed by atoms with E-state index in [0.29, 0.717) is 22.9 Å². The zero-order chi connectivity index (χ0) is 20.3. The Labute approximate surface area is 164 Å². The van der Waals surface area contributed by atoms with Gasteiger partial charge in [-0.2, -0.15) is 0 Å². The van der Waals surface area contributed by atoms with Crippen molar-refractivity contribution in [1.82, 2.24) is 15.0 Å². The Bertz CT molecular complexity index is 1100. The number of pyridine rings is 1. The molecule has 8 nitrogen and oxygen atoms in total. The molecule has 0 aliphatic rings. The maximum Gasteiger partial charge on any atom is 0.229 e. The second kappa shape index (κ2) is 7.97. The number of hydrogen-bond donors (Lipinski definition) is 2. The Hall–Kier alpha value is -2.94. The van der Waals surface area contributed by atoms with Crippen LogP contribution in [0.1, 0.15) is 18.9 Å². The maximum absolute atomic E-state index is 11.6. The molecule has 148 valence electrons. The van der Waals surface area contributed by atoms with Crippen LogP contribution in [0.3, 0.4) is 0 Å². The number of ether oxygens (including phenoxy) is 1. The number of methoxy groups -OCH3 is 1. The number of nitrogens with zero attached hydrogens (tertiary/aromatic N) is 3. The first-order chi connectivity index (χ1) is 13.3. The van der Waals surface area contributed by atoms with Crippen LogP contribution in [0.15, 0.2) is 30.6 Å². The number of rotatable bonds is 7. The van der Waals surface area contributed by atoms with Gasteiger partial charge in [0.05, 0.1) is 30.3 Å². The van der Waals surface area contributed by atoms with Gasteiger partial charge in [-0.25, -0.2) is 23.4 Å². The van der Waals surface area contributed by atoms with E-state index in [9.17, 15) is 8.42 Å². The number of sulfonamides is 1. The first-order valence-corrected chi connectivity index (χ1v) is 10.7. The minimum absolute atomic E-state index is 0.379. The predicted octanol–water partition coefficient (Wildman–Crippen LogP) is 3.20. The molecule has 1 aromatic carbocycles. The van der Waals surface area contributed by atoms with E-state index in [4.69, 9.17) is 4.74 Å². The largest absolute Gasteiger partial charge is 0.494 e. The lowest BCUT2D eigenvalue weighted by Crippen LogP contribution is -2.10. The van der Waals surface area contributed by atoms with Gasteiger partial charge < -0.3 is 10.1 Å². The summed E-state index contributed by atoms with van der Waals surface area (Å²) < 4.78 is 31.1. The normalized spacial score (nSPS) is 11.4. The quantitative estimate of drug-likeness (QED) is 0.626. The summed E-state index contributed by atoms with van der Waals surface area (Å²) in [6.45, 7) is 4.84. The average Bonchev–Trinajstić information content (AvgIpc) is 2.65. The standard InChI is InChI=1S/C19H23N5O3S/c1-5-6-20-19-21-10-13(11-22-19)15-7-12(2)14-8-17(24-28(4,25)26)18(27-3)9-16(14)23-15/h7-11,24H,5-6H2,1-4H3,(H,20,21,22). The van der Waals surface area contributed by atoms with Crippen LogP contribution in [-0.4, -0.2) is 43.3 Å². The van der Waals surface area contributed by atoms with Crippen molar-refractivity contribution in [3.05, 3.63) is 36.2 Å². The third-order valence-corrected chi connectivity index (χ3v) is 4.70. The molecule has 0 atom stereocenters. The highest BCUT2D eigenvalue weighted by Crippen LogP contribution is 2.33. The molecule has 2 aromatic heterocycles. The summed E-state index contributed by atoms with van der Waals surface area (Å²) >= 11 is 0. The van der Waals surface area contributed by atoms with Gasteiger partial charge in [0, 0.05) is 36.0 Å². The van der Waals surface area contributed by atoms with Gasteiger partial charge in [-0.05, 0) is 31.0 Å². The van der Waals surface area contributed by atoms with Crippen molar-refractivity contribution in [1.29, 1.82) is 0 Å². The molecule has 0 saturated heterocycles. The van der Waals surface area contributed by atoms with E-state index in [1.165, 1.54) is 7.11 Å². The van der Waals surface area contributed by atoms with Gasteiger partial charge in [-0.15, -0.1) is 0 Å². The molecule has 0 bridgehead atoms. The van der Waals surface area contributed by atoms with Gasteiger partial charge in [0.25, 0.3) is 0 Å². The first kappa shape index (κ1) is 19.8. The second-order valence-corrected chi connectivity index (χ2v) is 8.24. The number of fused-ring (bicyclic) bond motifs is 1. The number of aromatic nitrogens is 3. The van der Waals surface area contributed by atoms with E-state index in [1.54, 1.807) is 24.5 Å². The summed E-state index contributed by atoms with van der Waals surface area (Å²) in [5.74, 6) is 0.985. The highest BCUT2D eigenvalue weighted by molar-refractivity contribution is 7.92. The molecule has 0 amide bonds. The lowest BCUT2D eigenvalue weighted by atomic mass is 10.1. The lowest BCUT2D eigenvalue weighted by Gasteiger charge is -2.13. The summed E-state index contributed by atoms with van der Waals surface area (Å²) in [6, 6.07) is 5.38. The molecule has 0 unspecified atom stereocenters. The van der Waals surface area contributed by atoms with Crippen LogP contribution in [0.25, 0.3) is 22.2 Å². The summed E-state index contributed by atoms with van der Waals surface area (Å²) in [4.78, 5) is 13.3. The van der Waals surface area contributed by atoms with E-state index in [2.05, 4.69) is 31.9 Å². The SMILES string of the molecule is CCCNc1ncc(-c2cc(C)c3cc(NS(C)(=O)=O)c(OC)cc3n2)cn1. The number of nitrogens with one attached hydrogen (secondary N) is 2. The zero-order valence-electron chi connectivity index (χ0n) is 16.3. The van der Waals surface area contributed by atoms with Crippen LogP contribution < -0.4 is 14.8 Å². The van der Waals surface area contributed by atoms with Crippen molar-refractivity contribution in [2.75, 3.05) is 29.9 Å². The van der Waals surface area contributed by atoms with Crippen molar-refractivity contribution in [3.8, 4) is 17.0 Å². The van der Waals surface area contributed by atoms with Gasteiger partial charge in [-0.1, -0.05) is 6.92 Å². The smallest absolute Gasteiger partial charge is 0.229 e. The van der Waals surface area contributed by atoms with Crippen LogP contribution in [0.4, 0.5) is 11.6 Å². The molecule has 0 radical (unpaired) electrons.